The van der Waals surface area contributed by atoms with Crippen LogP contribution in [0.3, 0.4) is 0 Å². The first-order chi connectivity index (χ1) is 9.63. The van der Waals surface area contributed by atoms with Gasteiger partial charge in [0.05, 0.1) is 13.0 Å². The molecule has 0 fully saturated rings. The van der Waals surface area contributed by atoms with Crippen LogP contribution in [-0.2, 0) is 4.79 Å². The average molecular weight is 310 g/mol. The van der Waals surface area contributed by atoms with Gasteiger partial charge in [0.2, 0.25) is 5.91 Å². The molecule has 0 heterocycles. The molecule has 0 aliphatic rings. The van der Waals surface area contributed by atoms with Gasteiger partial charge in [-0.2, -0.15) is 0 Å². The van der Waals surface area contributed by atoms with Crippen molar-refractivity contribution in [1.29, 1.82) is 0 Å². The van der Waals surface area contributed by atoms with Crippen LogP contribution < -0.4 is 10.1 Å². The molecule has 0 aliphatic carbocycles. The SMILES string of the molecule is O=C(CCOc1ccccc1)Nc1cc(Cl)cc(Cl)c1. The van der Waals surface area contributed by atoms with Gasteiger partial charge in [0.15, 0.2) is 0 Å². The molecule has 0 atom stereocenters. The van der Waals surface area contributed by atoms with Crippen LogP contribution in [-0.4, -0.2) is 12.5 Å². The number of carbonyl (C=O) groups is 1. The number of benzene rings is 2. The standard InChI is InChI=1S/C15H13Cl2NO2/c16-11-8-12(17)10-13(9-11)18-15(19)6-7-20-14-4-2-1-3-5-14/h1-5,8-10H,6-7H2,(H,18,19). The molecule has 0 saturated carbocycles. The van der Waals surface area contributed by atoms with E-state index in [1.165, 1.54) is 0 Å². The largest absolute Gasteiger partial charge is 0.493 e. The quantitative estimate of drug-likeness (QED) is 0.889. The van der Waals surface area contributed by atoms with Gasteiger partial charge >= 0.3 is 0 Å². The van der Waals surface area contributed by atoms with E-state index >= 15 is 0 Å². The van der Waals surface area contributed by atoms with Crippen molar-refractivity contribution in [2.24, 2.45) is 0 Å². The van der Waals surface area contributed by atoms with Crippen LogP contribution in [0.15, 0.2) is 48.5 Å². The number of nitrogens with one attached hydrogen (secondary N) is 1. The maximum Gasteiger partial charge on any atom is 0.227 e. The first kappa shape index (κ1) is 14.7. The fourth-order valence-electron chi connectivity index (χ4n) is 1.63. The zero-order chi connectivity index (χ0) is 14.4. The number of rotatable bonds is 5. The third-order valence-electron chi connectivity index (χ3n) is 2.49. The Hall–Kier alpha value is -1.71. The molecule has 0 spiro atoms. The van der Waals surface area contributed by atoms with E-state index in [4.69, 9.17) is 27.9 Å². The van der Waals surface area contributed by atoms with Crippen LogP contribution in [0.5, 0.6) is 5.75 Å². The highest BCUT2D eigenvalue weighted by atomic mass is 35.5. The van der Waals surface area contributed by atoms with Crippen molar-refractivity contribution in [3.63, 3.8) is 0 Å². The van der Waals surface area contributed by atoms with E-state index in [1.54, 1.807) is 18.2 Å². The first-order valence-electron chi connectivity index (χ1n) is 6.07. The lowest BCUT2D eigenvalue weighted by Gasteiger charge is -2.08. The summed E-state index contributed by atoms with van der Waals surface area (Å²) in [5, 5.41) is 3.68. The highest BCUT2D eigenvalue weighted by Gasteiger charge is 2.05. The second-order valence-electron chi connectivity index (χ2n) is 4.12. The summed E-state index contributed by atoms with van der Waals surface area (Å²) < 4.78 is 5.45. The average Bonchev–Trinajstić information content (AvgIpc) is 2.38. The lowest BCUT2D eigenvalue weighted by molar-refractivity contribution is -0.116. The van der Waals surface area contributed by atoms with E-state index in [-0.39, 0.29) is 12.3 Å². The van der Waals surface area contributed by atoms with E-state index in [2.05, 4.69) is 5.32 Å². The minimum absolute atomic E-state index is 0.153. The van der Waals surface area contributed by atoms with Gasteiger partial charge in [-0.15, -0.1) is 0 Å². The summed E-state index contributed by atoms with van der Waals surface area (Å²) >= 11 is 11.7. The van der Waals surface area contributed by atoms with Crippen molar-refractivity contribution in [2.45, 2.75) is 6.42 Å². The van der Waals surface area contributed by atoms with Crippen LogP contribution >= 0.6 is 23.2 Å². The molecule has 1 amide bonds. The van der Waals surface area contributed by atoms with Crippen LogP contribution in [0, 0.1) is 0 Å². The first-order valence-corrected chi connectivity index (χ1v) is 6.83. The number of hydrogen-bond donors (Lipinski definition) is 1. The minimum Gasteiger partial charge on any atom is -0.493 e. The Balaban J connectivity index is 1.81. The number of ether oxygens (including phenoxy) is 1. The topological polar surface area (TPSA) is 38.3 Å². The molecular weight excluding hydrogens is 297 g/mol. The Kier molecular flexibility index (Phi) is 5.27. The summed E-state index contributed by atoms with van der Waals surface area (Å²) in [4.78, 5) is 11.7. The Bertz CT molecular complexity index is 567. The normalized spacial score (nSPS) is 10.1. The molecule has 2 aromatic carbocycles. The molecule has 3 nitrogen and oxygen atoms in total. The molecule has 2 rings (SSSR count). The lowest BCUT2D eigenvalue weighted by atomic mass is 10.3. The number of amides is 1. The lowest BCUT2D eigenvalue weighted by Crippen LogP contribution is -2.15. The van der Waals surface area contributed by atoms with Gasteiger partial charge < -0.3 is 10.1 Å². The molecule has 2 aromatic rings. The number of carbonyl (C=O) groups excluding carboxylic acids is 1. The van der Waals surface area contributed by atoms with Crippen LogP contribution in [0.2, 0.25) is 10.0 Å². The second-order valence-corrected chi connectivity index (χ2v) is 4.99. The second kappa shape index (κ2) is 7.17. The maximum atomic E-state index is 11.7. The van der Waals surface area contributed by atoms with Gasteiger partial charge in [0.1, 0.15) is 5.75 Å². The number of halogens is 2. The molecule has 0 unspecified atom stereocenters. The predicted octanol–water partition coefficient (Wildman–Crippen LogP) is 4.40. The number of para-hydroxylation sites is 1. The van der Waals surface area contributed by atoms with Gasteiger partial charge in [-0.3, -0.25) is 4.79 Å². The smallest absolute Gasteiger partial charge is 0.227 e. The minimum atomic E-state index is -0.153. The Morgan fingerprint density at radius 3 is 2.35 bits per heavy atom. The van der Waals surface area contributed by atoms with Gasteiger partial charge in [-0.05, 0) is 30.3 Å². The molecule has 104 valence electrons. The fourth-order valence-corrected chi connectivity index (χ4v) is 2.15. The van der Waals surface area contributed by atoms with E-state index in [0.717, 1.165) is 5.75 Å². The van der Waals surface area contributed by atoms with Crippen molar-refractivity contribution in [3.8, 4) is 5.75 Å². The zero-order valence-corrected chi connectivity index (χ0v) is 12.1. The van der Waals surface area contributed by atoms with Gasteiger partial charge in [-0.1, -0.05) is 41.4 Å². The molecular formula is C15H13Cl2NO2. The molecule has 0 saturated heterocycles. The van der Waals surface area contributed by atoms with E-state index in [9.17, 15) is 4.79 Å². The van der Waals surface area contributed by atoms with Crippen molar-refractivity contribution >= 4 is 34.8 Å². The summed E-state index contributed by atoms with van der Waals surface area (Å²) in [5.41, 5.74) is 0.576. The van der Waals surface area contributed by atoms with Crippen LogP contribution in [0.4, 0.5) is 5.69 Å². The summed E-state index contributed by atoms with van der Waals surface area (Å²) in [6.45, 7) is 0.310. The van der Waals surface area contributed by atoms with E-state index in [0.29, 0.717) is 22.3 Å². The summed E-state index contributed by atoms with van der Waals surface area (Å²) in [6, 6.07) is 14.2. The number of anilines is 1. The van der Waals surface area contributed by atoms with Gasteiger partial charge in [-0.25, -0.2) is 0 Å². The van der Waals surface area contributed by atoms with Crippen molar-refractivity contribution in [2.75, 3.05) is 11.9 Å². The molecule has 0 aromatic heterocycles. The van der Waals surface area contributed by atoms with Gasteiger partial charge in [0.25, 0.3) is 0 Å². The fraction of sp³-hybridized carbons (Fsp3) is 0.133. The molecule has 5 heteroatoms. The third kappa shape index (κ3) is 4.76. The molecule has 20 heavy (non-hydrogen) atoms. The molecule has 1 N–H and O–H groups in total. The summed E-state index contributed by atoms with van der Waals surface area (Å²) in [5.74, 6) is 0.588. The zero-order valence-electron chi connectivity index (χ0n) is 10.6. The summed E-state index contributed by atoms with van der Waals surface area (Å²) in [7, 11) is 0. The molecule has 0 bridgehead atoms. The monoisotopic (exact) mass is 309 g/mol. The third-order valence-corrected chi connectivity index (χ3v) is 2.92. The predicted molar refractivity (Wildman–Crippen MR) is 81.6 cm³/mol. The molecule has 0 radical (unpaired) electrons. The Labute approximate surface area is 127 Å². The van der Waals surface area contributed by atoms with Crippen molar-refractivity contribution in [1.82, 2.24) is 0 Å². The summed E-state index contributed by atoms with van der Waals surface area (Å²) in [6.07, 6.45) is 0.249. The van der Waals surface area contributed by atoms with Crippen LogP contribution in [0.1, 0.15) is 6.42 Å². The van der Waals surface area contributed by atoms with Gasteiger partial charge in [0, 0.05) is 15.7 Å². The Morgan fingerprint density at radius 2 is 1.70 bits per heavy atom. The van der Waals surface area contributed by atoms with E-state index in [1.807, 2.05) is 30.3 Å². The van der Waals surface area contributed by atoms with Crippen molar-refractivity contribution < 1.29 is 9.53 Å². The van der Waals surface area contributed by atoms with Crippen molar-refractivity contribution in [3.05, 3.63) is 58.6 Å². The molecule has 0 aliphatic heterocycles. The van der Waals surface area contributed by atoms with Crippen LogP contribution in [0.25, 0.3) is 0 Å². The number of hydrogen-bond acceptors (Lipinski definition) is 2. The van der Waals surface area contributed by atoms with E-state index < -0.39 is 0 Å². The Morgan fingerprint density at radius 1 is 1.05 bits per heavy atom. The highest BCUT2D eigenvalue weighted by molar-refractivity contribution is 6.35. The highest BCUT2D eigenvalue weighted by Crippen LogP contribution is 2.22. The maximum absolute atomic E-state index is 11.7.